The van der Waals surface area contributed by atoms with E-state index < -0.39 is 36.3 Å². The Labute approximate surface area is 216 Å². The van der Waals surface area contributed by atoms with E-state index in [9.17, 15) is 0 Å². The minimum Gasteiger partial charge on any atom is -0.308 e. The first-order valence-electron chi connectivity index (χ1n) is 16.2. The lowest BCUT2D eigenvalue weighted by molar-refractivity contribution is 1.18. The van der Waals surface area contributed by atoms with Gasteiger partial charge in [0.15, 0.2) is 0 Å². The van der Waals surface area contributed by atoms with Gasteiger partial charge in [0.2, 0.25) is 0 Å². The zero-order chi connectivity index (χ0) is 31.6. The number of fused-ring (bicyclic) bond motifs is 4. The highest BCUT2D eigenvalue weighted by atomic mass is 15.0. The van der Waals surface area contributed by atoms with Gasteiger partial charge >= 0.3 is 0 Å². The molecule has 0 N–H and O–H groups in total. The molecule has 0 bridgehead atoms. The van der Waals surface area contributed by atoms with Crippen molar-refractivity contribution >= 4 is 54.3 Å². The van der Waals surface area contributed by atoms with E-state index in [1.165, 1.54) is 0 Å². The molecule has 2 heteroatoms. The second-order valence-electron chi connectivity index (χ2n) is 8.49. The van der Waals surface area contributed by atoms with Gasteiger partial charge in [-0.15, -0.1) is 0 Å². The summed E-state index contributed by atoms with van der Waals surface area (Å²) in [5.74, 6) is 0. The van der Waals surface area contributed by atoms with Crippen molar-refractivity contribution in [1.82, 2.24) is 9.55 Å². The van der Waals surface area contributed by atoms with Crippen LogP contribution in [0.4, 0.5) is 0 Å². The van der Waals surface area contributed by atoms with Crippen LogP contribution in [-0.4, -0.2) is 9.55 Å². The van der Waals surface area contributed by atoms with Gasteiger partial charge in [0.05, 0.1) is 30.3 Å². The zero-order valence-electron chi connectivity index (χ0n) is 28.2. The van der Waals surface area contributed by atoms with Crippen LogP contribution in [0.25, 0.3) is 71.1 Å². The molecule has 8 aromatic rings. The lowest BCUT2D eigenvalue weighted by atomic mass is 9.89. The Bertz CT molecular complexity index is 2550. The van der Waals surface area contributed by atoms with Gasteiger partial charge in [0.1, 0.15) is 0 Å². The Morgan fingerprint density at radius 3 is 2.20 bits per heavy atom. The monoisotopic (exact) mass is 454 g/mol. The molecule has 0 saturated heterocycles. The summed E-state index contributed by atoms with van der Waals surface area (Å²) < 4.78 is 85.6. The summed E-state index contributed by atoms with van der Waals surface area (Å²) in [6.45, 7) is 0. The molecule has 2 heterocycles. The van der Waals surface area contributed by atoms with Gasteiger partial charge in [0, 0.05) is 17.3 Å². The number of benzene rings is 6. The summed E-state index contributed by atoms with van der Waals surface area (Å²) in [4.78, 5) is 4.69. The fraction of sp³-hybridized carbons (Fsp3) is 0. The molecule has 0 saturated carbocycles. The number of para-hydroxylation sites is 1. The maximum absolute atomic E-state index is 8.73. The average Bonchev–Trinajstić information content (AvgIpc) is 3.37. The molecule has 0 aliphatic carbocycles. The number of nitrogens with zero attached hydrogens (tertiary/aromatic N) is 2. The van der Waals surface area contributed by atoms with Crippen LogP contribution in [0.15, 0.2) is 121 Å². The summed E-state index contributed by atoms with van der Waals surface area (Å²) >= 11 is 0. The second kappa shape index (κ2) is 6.91. The molecule has 6 aromatic carbocycles. The molecule has 162 valence electrons. The van der Waals surface area contributed by atoms with E-state index in [4.69, 9.17) is 18.7 Å². The van der Waals surface area contributed by atoms with Crippen LogP contribution >= 0.6 is 0 Å². The first-order chi connectivity index (χ1) is 21.5. The van der Waals surface area contributed by atoms with Crippen molar-refractivity contribution in [1.29, 1.82) is 0 Å². The molecule has 0 aliphatic heterocycles. The van der Waals surface area contributed by atoms with E-state index in [0.717, 1.165) is 37.7 Å². The van der Waals surface area contributed by atoms with E-state index in [0.29, 0.717) is 22.1 Å². The average molecular weight is 455 g/mol. The van der Waals surface area contributed by atoms with Gasteiger partial charge in [-0.05, 0) is 73.7 Å². The number of hydrogen-bond donors (Lipinski definition) is 0. The predicted molar refractivity (Wildman–Crippen MR) is 148 cm³/mol. The van der Waals surface area contributed by atoms with Crippen LogP contribution in [-0.2, 0) is 0 Å². The molecule has 0 spiro atoms. The molecule has 0 fully saturated rings. The highest BCUT2D eigenvalue weighted by Gasteiger charge is 2.19. The maximum atomic E-state index is 8.73. The van der Waals surface area contributed by atoms with Gasteiger partial charge < -0.3 is 4.57 Å². The molecule has 8 rings (SSSR count). The Morgan fingerprint density at radius 1 is 0.629 bits per heavy atom. The molecule has 0 amide bonds. The minimum absolute atomic E-state index is 0.0327. The molecule has 2 nitrogen and oxygen atoms in total. The summed E-state index contributed by atoms with van der Waals surface area (Å²) in [7, 11) is 0. The van der Waals surface area contributed by atoms with Gasteiger partial charge in [0.25, 0.3) is 0 Å². The van der Waals surface area contributed by atoms with Crippen LogP contribution < -0.4 is 0 Å². The van der Waals surface area contributed by atoms with E-state index in [1.54, 1.807) is 22.9 Å². The molecule has 0 aliphatic rings. The fourth-order valence-electron chi connectivity index (χ4n) is 5.38. The first-order valence-corrected chi connectivity index (χ1v) is 11.2. The Hall–Kier alpha value is -4.69. The lowest BCUT2D eigenvalue weighted by Crippen LogP contribution is -1.93. The molecular weight excluding hydrogens is 424 g/mol. The number of hydrogen-bond acceptors (Lipinski definition) is 1. The largest absolute Gasteiger partial charge is 0.308 e. The van der Waals surface area contributed by atoms with Crippen molar-refractivity contribution in [3.63, 3.8) is 0 Å². The molecule has 0 radical (unpaired) electrons. The molecule has 0 atom stereocenters. The Balaban J connectivity index is 1.55. The van der Waals surface area contributed by atoms with E-state index in [1.807, 2.05) is 42.5 Å². The Kier molecular flexibility index (Phi) is 2.30. The quantitative estimate of drug-likeness (QED) is 0.239. The fourth-order valence-corrected chi connectivity index (χ4v) is 5.38. The van der Waals surface area contributed by atoms with Gasteiger partial charge in [-0.2, -0.15) is 0 Å². The van der Waals surface area contributed by atoms with Crippen LogP contribution in [0.1, 0.15) is 13.7 Å². The predicted octanol–water partition coefficient (Wildman–Crippen LogP) is 8.74. The molecule has 0 unspecified atom stereocenters. The summed E-state index contributed by atoms with van der Waals surface area (Å²) in [5, 5.41) is 5.77. The van der Waals surface area contributed by atoms with Gasteiger partial charge in [-0.1, -0.05) is 84.7 Å². The molecular formula is C33H20N2. The third kappa shape index (κ3) is 2.51. The second-order valence-corrected chi connectivity index (χ2v) is 8.49. The van der Waals surface area contributed by atoms with Gasteiger partial charge in [-0.3, -0.25) is 4.98 Å². The van der Waals surface area contributed by atoms with E-state index >= 15 is 0 Å². The lowest BCUT2D eigenvalue weighted by Gasteiger charge is -2.15. The van der Waals surface area contributed by atoms with E-state index in [-0.39, 0.29) is 35.4 Å². The van der Waals surface area contributed by atoms with Crippen molar-refractivity contribution in [2.75, 3.05) is 0 Å². The Morgan fingerprint density at radius 2 is 1.34 bits per heavy atom. The van der Waals surface area contributed by atoms with Crippen molar-refractivity contribution < 1.29 is 13.7 Å². The van der Waals surface area contributed by atoms with Crippen molar-refractivity contribution in [3.8, 4) is 16.8 Å². The van der Waals surface area contributed by atoms with Crippen molar-refractivity contribution in [2.24, 2.45) is 0 Å². The highest BCUT2D eigenvalue weighted by Crippen LogP contribution is 2.44. The van der Waals surface area contributed by atoms with Crippen molar-refractivity contribution in [3.05, 3.63) is 121 Å². The third-order valence-electron chi connectivity index (χ3n) is 6.75. The summed E-state index contributed by atoms with van der Waals surface area (Å²) in [6, 6.07) is 13.1. The molecule has 2 aromatic heterocycles. The SMILES string of the molecule is [2H]c1c([2H])c([2H])c(-c2ccc3ccc4c5c(ccc2c35)cc2c4c3ncccc3n2-c2c([2H])c([2H])c([2H])c([2H])c2[2H])c([2H])c1[2H]. The number of pyridine rings is 1. The normalized spacial score (nSPS) is 16.0. The standard InChI is InChI=1S/C33H20N2/c1-3-8-21(9-4-1)25-16-13-22-14-18-27-31-23(15-17-26(25)30(22)31)20-29-32(27)33-28(12-7-19-34-33)35(29)24-10-5-2-6-11-24/h1-20H/i1D,2D,3D,4D,5D,6D,8D,9D,10D,11D. The van der Waals surface area contributed by atoms with Crippen LogP contribution in [0.2, 0.25) is 0 Å². The number of rotatable bonds is 2. The topological polar surface area (TPSA) is 17.8 Å². The highest BCUT2D eigenvalue weighted by molar-refractivity contribution is 6.33. The minimum atomic E-state index is -0.468. The first kappa shape index (κ1) is 11.6. The third-order valence-corrected chi connectivity index (χ3v) is 6.75. The number of aromatic nitrogens is 2. The van der Waals surface area contributed by atoms with Gasteiger partial charge in [-0.25, -0.2) is 0 Å². The van der Waals surface area contributed by atoms with Crippen LogP contribution in [0.5, 0.6) is 0 Å². The smallest absolute Gasteiger partial charge is 0.0969 e. The van der Waals surface area contributed by atoms with Crippen LogP contribution in [0.3, 0.4) is 0 Å². The maximum Gasteiger partial charge on any atom is 0.0969 e. The zero-order valence-corrected chi connectivity index (χ0v) is 18.2. The summed E-state index contributed by atoms with van der Waals surface area (Å²) in [6.07, 6.45) is 1.66. The van der Waals surface area contributed by atoms with Crippen molar-refractivity contribution in [2.45, 2.75) is 0 Å². The summed E-state index contributed by atoms with van der Waals surface area (Å²) in [5.41, 5.74) is 2.49. The molecule has 35 heavy (non-hydrogen) atoms. The van der Waals surface area contributed by atoms with Crippen LogP contribution in [0, 0.1) is 0 Å². The van der Waals surface area contributed by atoms with E-state index in [2.05, 4.69) is 0 Å².